The summed E-state index contributed by atoms with van der Waals surface area (Å²) >= 11 is 0. The number of carbonyl (C=O) groups is 1. The zero-order chi connectivity index (χ0) is 23.1. The maximum absolute atomic E-state index is 11.5. The summed E-state index contributed by atoms with van der Waals surface area (Å²) in [6.45, 7) is 2.20. The summed E-state index contributed by atoms with van der Waals surface area (Å²) in [6.07, 6.45) is 13.2. The number of carbonyl (C=O) groups excluding carboxylic acids is 1. The SMILES string of the molecule is CCCCCCCCCCCCCCCCC(CCS(=O)(=O)O)(C(=O)[O-])S(=O)(=O)[O-].[Na+].[Na+]. The van der Waals surface area contributed by atoms with Crippen LogP contribution in [0.3, 0.4) is 0 Å². The van der Waals surface area contributed by atoms with Gasteiger partial charge in [0.2, 0.25) is 0 Å². The van der Waals surface area contributed by atoms with E-state index in [2.05, 4.69) is 6.92 Å². The zero-order valence-corrected chi connectivity index (χ0v) is 25.8. The number of carboxylic acids is 1. The third-order valence-electron chi connectivity index (χ3n) is 5.55. The van der Waals surface area contributed by atoms with Crippen molar-refractivity contribution in [1.82, 2.24) is 0 Å². The van der Waals surface area contributed by atoms with Gasteiger partial charge in [-0.3, -0.25) is 4.55 Å². The van der Waals surface area contributed by atoms with Gasteiger partial charge in [-0.1, -0.05) is 96.8 Å². The Hall–Kier alpha value is 1.29. The Balaban J connectivity index is -0.00000420. The van der Waals surface area contributed by atoms with Crippen molar-refractivity contribution >= 4 is 26.2 Å². The molecule has 0 saturated carbocycles. The predicted molar refractivity (Wildman–Crippen MR) is 113 cm³/mol. The maximum atomic E-state index is 11.5. The van der Waals surface area contributed by atoms with Gasteiger partial charge in [-0.2, -0.15) is 8.42 Å². The minimum atomic E-state index is -5.35. The summed E-state index contributed by atoms with van der Waals surface area (Å²) in [5.74, 6) is -3.24. The van der Waals surface area contributed by atoms with Crippen LogP contribution in [0.2, 0.25) is 0 Å². The normalized spacial score (nSPS) is 13.6. The molecule has 0 heterocycles. The van der Waals surface area contributed by atoms with Crippen LogP contribution in [-0.2, 0) is 25.0 Å². The molecule has 0 rings (SSSR count). The summed E-state index contributed by atoms with van der Waals surface area (Å²) in [4.78, 5) is 11.4. The number of hydrogen-bond acceptors (Lipinski definition) is 7. The van der Waals surface area contributed by atoms with E-state index < -0.39 is 49.5 Å². The largest absolute Gasteiger partial charge is 1.00 e. The first-order valence-electron chi connectivity index (χ1n) is 11.1. The third kappa shape index (κ3) is 17.7. The molecule has 0 amide bonds. The molecule has 0 aliphatic carbocycles. The Kier molecular flexibility index (Phi) is 24.2. The molecule has 1 atom stereocenters. The van der Waals surface area contributed by atoms with E-state index in [1.165, 1.54) is 51.4 Å². The van der Waals surface area contributed by atoms with Crippen LogP contribution in [0.4, 0.5) is 0 Å². The van der Waals surface area contributed by atoms with Crippen LogP contribution < -0.4 is 64.2 Å². The average Bonchev–Trinajstić information content (AvgIpc) is 2.62. The topological polar surface area (TPSA) is 152 Å². The van der Waals surface area contributed by atoms with Gasteiger partial charge in [0.15, 0.2) is 0 Å². The molecule has 0 aliphatic rings. The third-order valence-corrected chi connectivity index (χ3v) is 7.80. The van der Waals surface area contributed by atoms with E-state index in [0.29, 0.717) is 6.42 Å². The Bertz CT molecular complexity index is 684. The summed E-state index contributed by atoms with van der Waals surface area (Å²) in [7, 11) is -9.96. The van der Waals surface area contributed by atoms with Crippen molar-refractivity contribution < 1.29 is 95.0 Å². The maximum Gasteiger partial charge on any atom is 1.00 e. The molecule has 0 bridgehead atoms. The van der Waals surface area contributed by atoms with Crippen LogP contribution in [0.5, 0.6) is 0 Å². The number of rotatable bonds is 20. The predicted octanol–water partition coefficient (Wildman–Crippen LogP) is -2.82. The molecule has 0 saturated heterocycles. The van der Waals surface area contributed by atoms with Crippen LogP contribution in [0, 0.1) is 0 Å². The van der Waals surface area contributed by atoms with Crippen LogP contribution in [0.1, 0.15) is 110 Å². The minimum absolute atomic E-state index is 0. The van der Waals surface area contributed by atoms with Crippen molar-refractivity contribution in [2.45, 2.75) is 114 Å². The first-order chi connectivity index (χ1) is 14.0. The standard InChI is InChI=1S/C20H40O8S2.2Na/c1-2-3-4-5-6-7-8-9-10-11-12-13-14-15-16-20(19(21)22,30(26,27)28)17-18-29(23,24)25;;/h2-18H2,1H3,(H,21,22)(H,23,24,25)(H,26,27,28);;/q;2*+1/p-2. The molecule has 0 aliphatic heterocycles. The number of unbranched alkanes of at least 4 members (excludes halogenated alkanes) is 13. The van der Waals surface area contributed by atoms with Gasteiger partial charge in [-0.25, -0.2) is 8.42 Å². The van der Waals surface area contributed by atoms with Gasteiger partial charge >= 0.3 is 59.1 Å². The van der Waals surface area contributed by atoms with E-state index in [4.69, 9.17) is 4.55 Å². The molecule has 0 spiro atoms. The first kappa shape index (κ1) is 37.8. The summed E-state index contributed by atoms with van der Waals surface area (Å²) < 4.78 is 62.3. The van der Waals surface area contributed by atoms with Gasteiger partial charge in [0.25, 0.3) is 10.1 Å². The van der Waals surface area contributed by atoms with Gasteiger partial charge < -0.3 is 14.5 Å². The molecule has 180 valence electrons. The van der Waals surface area contributed by atoms with Crippen molar-refractivity contribution in [1.29, 1.82) is 0 Å². The molecule has 0 aromatic carbocycles. The number of aliphatic carboxylic acids is 1. The minimum Gasteiger partial charge on any atom is -0.747 e. The molecule has 0 fully saturated rings. The second kappa shape index (κ2) is 20.5. The van der Waals surface area contributed by atoms with E-state index in [0.717, 1.165) is 25.7 Å². The zero-order valence-electron chi connectivity index (χ0n) is 20.1. The molecule has 1 unspecified atom stereocenters. The van der Waals surface area contributed by atoms with Crippen LogP contribution in [0.25, 0.3) is 0 Å². The Morgan fingerprint density at radius 3 is 1.34 bits per heavy atom. The van der Waals surface area contributed by atoms with Gasteiger partial charge in [-0.15, -0.1) is 0 Å². The van der Waals surface area contributed by atoms with Crippen molar-refractivity contribution in [3.8, 4) is 0 Å². The van der Waals surface area contributed by atoms with Crippen LogP contribution in [0.15, 0.2) is 0 Å². The fraction of sp³-hybridized carbons (Fsp3) is 0.950. The van der Waals surface area contributed by atoms with Gasteiger partial charge in [0, 0.05) is 0 Å². The molecular formula is C20H38Na2O8S2. The second-order valence-corrected chi connectivity index (χ2v) is 11.4. The summed E-state index contributed by atoms with van der Waals surface area (Å²) in [6, 6.07) is 0. The number of hydrogen-bond donors (Lipinski definition) is 1. The molecule has 8 nitrogen and oxygen atoms in total. The van der Waals surface area contributed by atoms with Crippen molar-refractivity contribution in [3.63, 3.8) is 0 Å². The van der Waals surface area contributed by atoms with Crippen molar-refractivity contribution in [2.24, 2.45) is 0 Å². The Morgan fingerprint density at radius 2 is 1.06 bits per heavy atom. The quantitative estimate of drug-likeness (QED) is 0.103. The molecule has 0 radical (unpaired) electrons. The Labute approximate surface area is 239 Å². The average molecular weight is 517 g/mol. The van der Waals surface area contributed by atoms with E-state index in [-0.39, 0.29) is 65.5 Å². The summed E-state index contributed by atoms with van der Waals surface area (Å²) in [5, 5.41) is 11.4. The molecule has 12 heteroatoms. The van der Waals surface area contributed by atoms with Crippen molar-refractivity contribution in [2.75, 3.05) is 5.75 Å². The van der Waals surface area contributed by atoms with E-state index in [1.54, 1.807) is 0 Å². The van der Waals surface area contributed by atoms with E-state index in [9.17, 15) is 31.3 Å². The molecule has 1 N–H and O–H groups in total. The Morgan fingerprint density at radius 1 is 0.719 bits per heavy atom. The van der Waals surface area contributed by atoms with Crippen LogP contribution >= 0.6 is 0 Å². The van der Waals surface area contributed by atoms with Gasteiger partial charge in [-0.05, 0) is 12.8 Å². The number of carboxylic acid groups (broad SMARTS) is 1. The monoisotopic (exact) mass is 516 g/mol. The fourth-order valence-electron chi connectivity index (χ4n) is 3.58. The van der Waals surface area contributed by atoms with Gasteiger partial charge in [0.1, 0.15) is 14.9 Å². The van der Waals surface area contributed by atoms with E-state index in [1.807, 2.05) is 0 Å². The molecule has 0 aromatic heterocycles. The van der Waals surface area contributed by atoms with Crippen LogP contribution in [-0.4, -0.2) is 42.4 Å². The smallest absolute Gasteiger partial charge is 0.747 e. The molecule has 32 heavy (non-hydrogen) atoms. The van der Waals surface area contributed by atoms with Gasteiger partial charge in [0.05, 0.1) is 11.7 Å². The fourth-order valence-corrected chi connectivity index (χ4v) is 5.27. The second-order valence-electron chi connectivity index (χ2n) is 8.12. The first-order valence-corrected chi connectivity index (χ1v) is 14.1. The summed E-state index contributed by atoms with van der Waals surface area (Å²) in [5.41, 5.74) is 0. The van der Waals surface area contributed by atoms with Crippen molar-refractivity contribution in [3.05, 3.63) is 0 Å². The van der Waals surface area contributed by atoms with E-state index >= 15 is 0 Å². The molecule has 0 aromatic rings. The molecular weight excluding hydrogens is 478 g/mol.